The van der Waals surface area contributed by atoms with E-state index in [1.807, 2.05) is 63.4 Å². The Balaban J connectivity index is 1.63. The van der Waals surface area contributed by atoms with E-state index in [1.165, 1.54) is 0 Å². The first-order valence-electron chi connectivity index (χ1n) is 12.4. The molecular formula is C28H35N3O4. The number of carbonyl (C=O) groups is 2. The molecule has 186 valence electrons. The van der Waals surface area contributed by atoms with Gasteiger partial charge in [0.15, 0.2) is 0 Å². The molecule has 1 aromatic carbocycles. The summed E-state index contributed by atoms with van der Waals surface area (Å²) in [5.41, 5.74) is 2.19. The second-order valence-corrected chi connectivity index (χ2v) is 9.83. The first-order chi connectivity index (χ1) is 16.9. The van der Waals surface area contributed by atoms with Gasteiger partial charge >= 0.3 is 0 Å². The normalized spacial score (nSPS) is 21.5. The van der Waals surface area contributed by atoms with Crippen LogP contribution in [0.3, 0.4) is 0 Å². The van der Waals surface area contributed by atoms with Crippen LogP contribution in [-0.2, 0) is 4.79 Å². The molecule has 1 N–H and O–H groups in total. The first kappa shape index (κ1) is 24.9. The maximum Gasteiger partial charge on any atom is 0.259 e. The number of hydrogen-bond donors (Lipinski definition) is 1. The summed E-state index contributed by atoms with van der Waals surface area (Å²) in [4.78, 5) is 34.3. The largest absolute Gasteiger partial charge is 0.472 e. The molecule has 3 atom stereocenters. The third-order valence-electron chi connectivity index (χ3n) is 7.09. The predicted molar refractivity (Wildman–Crippen MR) is 136 cm³/mol. The topological polar surface area (TPSA) is 83.0 Å². The van der Waals surface area contributed by atoms with Gasteiger partial charge in [-0.15, -0.1) is 0 Å². The lowest BCUT2D eigenvalue weighted by atomic mass is 9.84. The minimum Gasteiger partial charge on any atom is -0.472 e. The van der Waals surface area contributed by atoms with Crippen LogP contribution in [0.5, 0.6) is 5.88 Å². The Kier molecular flexibility index (Phi) is 7.86. The molecule has 2 heterocycles. The molecule has 1 aliphatic carbocycles. The highest BCUT2D eigenvalue weighted by molar-refractivity contribution is 5.97. The van der Waals surface area contributed by atoms with E-state index in [1.54, 1.807) is 22.1 Å². The van der Waals surface area contributed by atoms with Crippen LogP contribution in [0.15, 0.2) is 42.6 Å². The zero-order chi connectivity index (χ0) is 24.9. The molecule has 1 aromatic heterocycles. The SMILES string of the molecule is C[C@H](CO)N1C[C@H](C)[C@@H](CN(C)C(=O)C2CCC2)Oc2ncc(/C=C/c3ccccc3)cc2C1=O. The average molecular weight is 478 g/mol. The molecule has 0 bridgehead atoms. The van der Waals surface area contributed by atoms with Gasteiger partial charge in [-0.3, -0.25) is 9.59 Å². The van der Waals surface area contributed by atoms with Crippen molar-refractivity contribution in [2.45, 2.75) is 45.3 Å². The van der Waals surface area contributed by atoms with Crippen molar-refractivity contribution in [2.75, 3.05) is 26.7 Å². The number of benzene rings is 1. The van der Waals surface area contributed by atoms with Crippen molar-refractivity contribution in [1.29, 1.82) is 0 Å². The van der Waals surface area contributed by atoms with E-state index < -0.39 is 0 Å². The van der Waals surface area contributed by atoms with E-state index in [0.717, 1.165) is 30.4 Å². The highest BCUT2D eigenvalue weighted by Gasteiger charge is 2.36. The summed E-state index contributed by atoms with van der Waals surface area (Å²) in [5, 5.41) is 9.84. The molecule has 7 nitrogen and oxygen atoms in total. The van der Waals surface area contributed by atoms with Crippen LogP contribution in [-0.4, -0.2) is 70.6 Å². The molecule has 1 saturated carbocycles. The van der Waals surface area contributed by atoms with Gasteiger partial charge in [0, 0.05) is 31.6 Å². The predicted octanol–water partition coefficient (Wildman–Crippen LogP) is 3.73. The quantitative estimate of drug-likeness (QED) is 0.657. The van der Waals surface area contributed by atoms with E-state index in [2.05, 4.69) is 4.98 Å². The molecule has 1 aliphatic heterocycles. The Morgan fingerprint density at radius 2 is 1.97 bits per heavy atom. The minimum atomic E-state index is -0.352. The fourth-order valence-electron chi connectivity index (χ4n) is 4.51. The molecule has 0 saturated heterocycles. The van der Waals surface area contributed by atoms with Crippen molar-refractivity contribution in [2.24, 2.45) is 11.8 Å². The van der Waals surface area contributed by atoms with Gasteiger partial charge in [-0.25, -0.2) is 4.98 Å². The van der Waals surface area contributed by atoms with Crippen LogP contribution >= 0.6 is 0 Å². The maximum absolute atomic E-state index is 13.5. The standard InChI is InChI=1S/C28H35N3O4/c1-19-16-31(20(2)18-32)28(34)24-14-22(13-12-21-8-5-4-6-9-21)15-29-26(24)35-25(19)17-30(3)27(33)23-10-7-11-23/h4-6,8-9,12-15,19-20,23,25,32H,7,10-11,16-18H2,1-3H3/b13-12+/t19-,20+,25+/m0/s1. The number of hydrogen-bond acceptors (Lipinski definition) is 5. The van der Waals surface area contributed by atoms with E-state index in [-0.39, 0.29) is 48.3 Å². The molecule has 0 unspecified atom stereocenters. The van der Waals surface area contributed by atoms with Crippen molar-refractivity contribution < 1.29 is 19.4 Å². The summed E-state index contributed by atoms with van der Waals surface area (Å²) in [6.45, 7) is 4.54. The number of aromatic nitrogens is 1. The number of aliphatic hydroxyl groups is 1. The third-order valence-corrected chi connectivity index (χ3v) is 7.09. The van der Waals surface area contributed by atoms with Crippen LogP contribution < -0.4 is 4.74 Å². The second-order valence-electron chi connectivity index (χ2n) is 9.83. The van der Waals surface area contributed by atoms with Gasteiger partial charge in [-0.1, -0.05) is 55.8 Å². The van der Waals surface area contributed by atoms with E-state index in [4.69, 9.17) is 4.74 Å². The lowest BCUT2D eigenvalue weighted by molar-refractivity contribution is -0.138. The number of ether oxygens (including phenoxy) is 1. The summed E-state index contributed by atoms with van der Waals surface area (Å²) in [7, 11) is 1.82. The maximum atomic E-state index is 13.5. The van der Waals surface area contributed by atoms with Crippen molar-refractivity contribution in [3.8, 4) is 5.88 Å². The van der Waals surface area contributed by atoms with Crippen molar-refractivity contribution in [1.82, 2.24) is 14.8 Å². The van der Waals surface area contributed by atoms with Gasteiger partial charge in [0.2, 0.25) is 11.8 Å². The number of likely N-dealkylation sites (N-methyl/N-ethyl adjacent to an activating group) is 1. The average Bonchev–Trinajstić information content (AvgIpc) is 2.84. The molecule has 2 amide bonds. The van der Waals surface area contributed by atoms with Gasteiger partial charge in [0.05, 0.1) is 19.2 Å². The lowest BCUT2D eigenvalue weighted by Crippen LogP contribution is -2.51. The Morgan fingerprint density at radius 3 is 2.63 bits per heavy atom. The smallest absolute Gasteiger partial charge is 0.259 e. The number of fused-ring (bicyclic) bond motifs is 1. The van der Waals surface area contributed by atoms with Crippen molar-refractivity contribution >= 4 is 24.0 Å². The number of pyridine rings is 1. The second kappa shape index (κ2) is 11.0. The molecule has 0 spiro atoms. The molecule has 0 radical (unpaired) electrons. The monoisotopic (exact) mass is 477 g/mol. The van der Waals surface area contributed by atoms with Gasteiger partial charge in [-0.05, 0) is 37.0 Å². The Labute approximate surface area is 207 Å². The van der Waals surface area contributed by atoms with Crippen LogP contribution in [0.25, 0.3) is 12.2 Å². The zero-order valence-corrected chi connectivity index (χ0v) is 20.8. The molecule has 7 heteroatoms. The summed E-state index contributed by atoms with van der Waals surface area (Å²) >= 11 is 0. The zero-order valence-electron chi connectivity index (χ0n) is 20.8. The van der Waals surface area contributed by atoms with E-state index >= 15 is 0 Å². The van der Waals surface area contributed by atoms with Crippen molar-refractivity contribution in [3.05, 3.63) is 59.3 Å². The molecule has 2 aliphatic rings. The fraction of sp³-hybridized carbons (Fsp3) is 0.464. The lowest BCUT2D eigenvalue weighted by Gasteiger charge is -2.38. The van der Waals surface area contributed by atoms with Gasteiger partial charge < -0.3 is 19.6 Å². The van der Waals surface area contributed by atoms with E-state index in [0.29, 0.717) is 18.7 Å². The highest BCUT2D eigenvalue weighted by Crippen LogP contribution is 2.30. The fourth-order valence-corrected chi connectivity index (χ4v) is 4.51. The van der Waals surface area contributed by atoms with Gasteiger partial charge in [0.1, 0.15) is 11.7 Å². The number of aliphatic hydroxyl groups excluding tert-OH is 1. The summed E-state index contributed by atoms with van der Waals surface area (Å²) in [5.74, 6) is 0.259. The van der Waals surface area contributed by atoms with Gasteiger partial charge in [-0.2, -0.15) is 0 Å². The number of nitrogens with zero attached hydrogens (tertiary/aromatic N) is 3. The van der Waals surface area contributed by atoms with Crippen LogP contribution in [0.1, 0.15) is 54.6 Å². The van der Waals surface area contributed by atoms with Crippen LogP contribution in [0, 0.1) is 11.8 Å². The summed E-state index contributed by atoms with van der Waals surface area (Å²) < 4.78 is 6.31. The number of rotatable bonds is 7. The minimum absolute atomic E-state index is 0.0582. The first-order valence-corrected chi connectivity index (χ1v) is 12.4. The Morgan fingerprint density at radius 1 is 1.26 bits per heavy atom. The van der Waals surface area contributed by atoms with Crippen LogP contribution in [0.2, 0.25) is 0 Å². The van der Waals surface area contributed by atoms with E-state index in [9.17, 15) is 14.7 Å². The molecule has 35 heavy (non-hydrogen) atoms. The molecule has 2 aromatic rings. The van der Waals surface area contributed by atoms with Crippen LogP contribution in [0.4, 0.5) is 0 Å². The Bertz CT molecular complexity index is 1070. The third kappa shape index (κ3) is 5.73. The molecule has 1 fully saturated rings. The number of carbonyl (C=O) groups excluding carboxylic acids is 2. The summed E-state index contributed by atoms with van der Waals surface area (Å²) in [6.07, 6.45) is 8.25. The Hall–Kier alpha value is -3.19. The van der Waals surface area contributed by atoms with Crippen molar-refractivity contribution in [3.63, 3.8) is 0 Å². The highest BCUT2D eigenvalue weighted by atomic mass is 16.5. The number of amides is 2. The molecule has 4 rings (SSSR count). The van der Waals surface area contributed by atoms with Gasteiger partial charge in [0.25, 0.3) is 5.91 Å². The molecular weight excluding hydrogens is 442 g/mol. The summed E-state index contributed by atoms with van der Waals surface area (Å²) in [6, 6.07) is 11.3.